The van der Waals surface area contributed by atoms with Gasteiger partial charge in [0.15, 0.2) is 11.6 Å². The summed E-state index contributed by atoms with van der Waals surface area (Å²) in [5.41, 5.74) is 7.97. The fraction of sp³-hybridized carbons (Fsp3) is 0.263. The molecule has 1 aliphatic heterocycles. The van der Waals surface area contributed by atoms with Crippen LogP contribution in [0.25, 0.3) is 11.4 Å². The smallest absolute Gasteiger partial charge is 0.254 e. The molecule has 0 bridgehead atoms. The first-order chi connectivity index (χ1) is 12.6. The summed E-state index contributed by atoms with van der Waals surface area (Å²) in [6, 6.07) is 10.8. The van der Waals surface area contributed by atoms with Crippen molar-refractivity contribution in [2.45, 2.75) is 25.8 Å². The molecular weight excluding hydrogens is 330 g/mol. The summed E-state index contributed by atoms with van der Waals surface area (Å²) >= 11 is 0. The summed E-state index contributed by atoms with van der Waals surface area (Å²) in [6.45, 7) is 2.59. The minimum Gasteiger partial charge on any atom is -0.384 e. The Morgan fingerprint density at radius 1 is 1.27 bits per heavy atom. The Labute approximate surface area is 150 Å². The largest absolute Gasteiger partial charge is 0.384 e. The highest BCUT2D eigenvalue weighted by molar-refractivity contribution is 5.95. The van der Waals surface area contributed by atoms with Gasteiger partial charge in [0, 0.05) is 29.9 Å². The molecule has 1 fully saturated rings. The van der Waals surface area contributed by atoms with Gasteiger partial charge >= 0.3 is 0 Å². The lowest BCUT2D eigenvalue weighted by Gasteiger charge is -2.22. The predicted octanol–water partition coefficient (Wildman–Crippen LogP) is 3.00. The highest BCUT2D eigenvalue weighted by atomic mass is 16.5. The van der Waals surface area contributed by atoms with E-state index in [1.165, 1.54) is 0 Å². The molecule has 1 aliphatic rings. The van der Waals surface area contributed by atoms with E-state index >= 15 is 0 Å². The SMILES string of the molecule is Cc1cc([C@H]2CCCN2C(=O)c2ccc(-c3nccc(N)n3)cc2)on1. The highest BCUT2D eigenvalue weighted by Gasteiger charge is 2.33. The zero-order chi connectivity index (χ0) is 18.1. The molecule has 0 saturated carbocycles. The van der Waals surface area contributed by atoms with Crippen LogP contribution in [0, 0.1) is 6.92 Å². The Balaban J connectivity index is 1.56. The minimum atomic E-state index is -0.0550. The van der Waals surface area contributed by atoms with E-state index in [-0.39, 0.29) is 11.9 Å². The van der Waals surface area contributed by atoms with Crippen LogP contribution in [-0.4, -0.2) is 32.5 Å². The average molecular weight is 349 g/mol. The van der Waals surface area contributed by atoms with E-state index in [1.807, 2.05) is 30.0 Å². The highest BCUT2D eigenvalue weighted by Crippen LogP contribution is 2.33. The summed E-state index contributed by atoms with van der Waals surface area (Å²) in [6.07, 6.45) is 3.45. The molecule has 1 saturated heterocycles. The van der Waals surface area contributed by atoms with Gasteiger partial charge in [0.25, 0.3) is 5.91 Å². The third-order valence-corrected chi connectivity index (χ3v) is 4.56. The molecule has 3 aromatic rings. The van der Waals surface area contributed by atoms with Crippen molar-refractivity contribution in [3.8, 4) is 11.4 Å². The third kappa shape index (κ3) is 3.03. The van der Waals surface area contributed by atoms with Crippen LogP contribution >= 0.6 is 0 Å². The summed E-state index contributed by atoms with van der Waals surface area (Å²) in [5.74, 6) is 1.69. The Hall–Kier alpha value is -3.22. The number of aryl methyl sites for hydroxylation is 1. The molecule has 7 heteroatoms. The van der Waals surface area contributed by atoms with Crippen LogP contribution < -0.4 is 5.73 Å². The number of amides is 1. The quantitative estimate of drug-likeness (QED) is 0.780. The van der Waals surface area contributed by atoms with E-state index in [2.05, 4.69) is 15.1 Å². The van der Waals surface area contributed by atoms with Crippen LogP contribution in [0.4, 0.5) is 5.82 Å². The molecule has 4 rings (SSSR count). The molecule has 7 nitrogen and oxygen atoms in total. The van der Waals surface area contributed by atoms with E-state index in [9.17, 15) is 4.79 Å². The summed E-state index contributed by atoms with van der Waals surface area (Å²) in [4.78, 5) is 23.2. The van der Waals surface area contributed by atoms with Gasteiger partial charge in [-0.3, -0.25) is 4.79 Å². The van der Waals surface area contributed by atoms with E-state index < -0.39 is 0 Å². The molecule has 0 unspecified atom stereocenters. The van der Waals surface area contributed by atoms with E-state index in [4.69, 9.17) is 10.3 Å². The number of carbonyl (C=O) groups excluding carboxylic acids is 1. The van der Waals surface area contributed by atoms with Crippen LogP contribution in [0.15, 0.2) is 47.1 Å². The van der Waals surface area contributed by atoms with E-state index in [0.29, 0.717) is 23.8 Å². The van der Waals surface area contributed by atoms with Crippen molar-refractivity contribution in [2.24, 2.45) is 0 Å². The zero-order valence-corrected chi connectivity index (χ0v) is 14.4. The molecule has 2 aromatic heterocycles. The van der Waals surface area contributed by atoms with Crippen molar-refractivity contribution in [3.63, 3.8) is 0 Å². The Bertz CT molecular complexity index is 935. The molecule has 0 aliphatic carbocycles. The van der Waals surface area contributed by atoms with Gasteiger partial charge in [-0.05, 0) is 38.0 Å². The lowest BCUT2D eigenvalue weighted by molar-refractivity contribution is 0.0714. The second-order valence-corrected chi connectivity index (χ2v) is 6.41. The molecule has 132 valence electrons. The predicted molar refractivity (Wildman–Crippen MR) is 96.1 cm³/mol. The zero-order valence-electron chi connectivity index (χ0n) is 14.4. The maximum Gasteiger partial charge on any atom is 0.254 e. The van der Waals surface area contributed by atoms with Crippen molar-refractivity contribution < 1.29 is 9.32 Å². The second kappa shape index (κ2) is 6.59. The Morgan fingerprint density at radius 2 is 2.08 bits per heavy atom. The van der Waals surface area contributed by atoms with Gasteiger partial charge in [-0.1, -0.05) is 17.3 Å². The fourth-order valence-corrected chi connectivity index (χ4v) is 3.29. The van der Waals surface area contributed by atoms with E-state index in [1.54, 1.807) is 24.4 Å². The number of nitrogens with two attached hydrogens (primary N) is 1. The number of hydrogen-bond donors (Lipinski definition) is 1. The molecule has 1 atom stereocenters. The number of nitrogens with zero attached hydrogens (tertiary/aromatic N) is 4. The Morgan fingerprint density at radius 3 is 2.77 bits per heavy atom. The number of benzene rings is 1. The lowest BCUT2D eigenvalue weighted by atomic mass is 10.1. The van der Waals surface area contributed by atoms with Gasteiger partial charge < -0.3 is 15.2 Å². The van der Waals surface area contributed by atoms with Crippen molar-refractivity contribution in [1.82, 2.24) is 20.0 Å². The van der Waals surface area contributed by atoms with E-state index in [0.717, 1.165) is 29.9 Å². The molecular formula is C19H19N5O2. The van der Waals surface area contributed by atoms with Gasteiger partial charge in [0.05, 0.1) is 11.7 Å². The number of carbonyl (C=O) groups is 1. The number of hydrogen-bond acceptors (Lipinski definition) is 6. The summed E-state index contributed by atoms with van der Waals surface area (Å²) < 4.78 is 5.38. The van der Waals surface area contributed by atoms with Crippen LogP contribution in [0.3, 0.4) is 0 Å². The number of aromatic nitrogens is 3. The van der Waals surface area contributed by atoms with Crippen LogP contribution in [0.5, 0.6) is 0 Å². The van der Waals surface area contributed by atoms with Gasteiger partial charge in [-0.25, -0.2) is 9.97 Å². The van der Waals surface area contributed by atoms with Crippen molar-refractivity contribution >= 4 is 11.7 Å². The minimum absolute atomic E-state index is 0.0124. The maximum atomic E-state index is 13.0. The first kappa shape index (κ1) is 16.3. The Kier molecular flexibility index (Phi) is 4.12. The third-order valence-electron chi connectivity index (χ3n) is 4.56. The summed E-state index contributed by atoms with van der Waals surface area (Å²) in [7, 11) is 0. The van der Waals surface area contributed by atoms with Crippen LogP contribution in [-0.2, 0) is 0 Å². The van der Waals surface area contributed by atoms with Crippen molar-refractivity contribution in [3.05, 3.63) is 59.6 Å². The molecule has 1 amide bonds. The first-order valence-corrected chi connectivity index (χ1v) is 8.55. The standard InChI is InChI=1S/C19H19N5O2/c1-12-11-16(26-23-12)15-3-2-10-24(15)19(25)14-6-4-13(5-7-14)18-21-9-8-17(20)22-18/h4-9,11,15H,2-3,10H2,1H3,(H2,20,21,22)/t15-/m1/s1. The van der Waals surface area contributed by atoms with Crippen molar-refractivity contribution in [1.29, 1.82) is 0 Å². The van der Waals surface area contributed by atoms with Gasteiger partial charge in [-0.15, -0.1) is 0 Å². The number of anilines is 1. The molecule has 2 N–H and O–H groups in total. The van der Waals surface area contributed by atoms with Gasteiger partial charge in [0.1, 0.15) is 5.82 Å². The topological polar surface area (TPSA) is 98.1 Å². The van der Waals surface area contributed by atoms with Gasteiger partial charge in [-0.2, -0.15) is 0 Å². The number of rotatable bonds is 3. The molecule has 3 heterocycles. The van der Waals surface area contributed by atoms with Crippen molar-refractivity contribution in [2.75, 3.05) is 12.3 Å². The molecule has 26 heavy (non-hydrogen) atoms. The van der Waals surface area contributed by atoms with Gasteiger partial charge in [0.2, 0.25) is 0 Å². The summed E-state index contributed by atoms with van der Waals surface area (Å²) in [5, 5.41) is 3.94. The number of nitrogen functional groups attached to an aromatic ring is 1. The molecule has 1 aromatic carbocycles. The van der Waals surface area contributed by atoms with Crippen LogP contribution in [0.1, 0.15) is 40.7 Å². The number of likely N-dealkylation sites (tertiary alicyclic amines) is 1. The van der Waals surface area contributed by atoms with Crippen LogP contribution in [0.2, 0.25) is 0 Å². The fourth-order valence-electron chi connectivity index (χ4n) is 3.29. The normalized spacial score (nSPS) is 16.8. The second-order valence-electron chi connectivity index (χ2n) is 6.41. The molecule has 0 radical (unpaired) electrons. The lowest BCUT2D eigenvalue weighted by Crippen LogP contribution is -2.30. The molecule has 0 spiro atoms. The average Bonchev–Trinajstić information content (AvgIpc) is 3.30. The maximum absolute atomic E-state index is 13.0. The first-order valence-electron chi connectivity index (χ1n) is 8.55. The monoisotopic (exact) mass is 349 g/mol.